The van der Waals surface area contributed by atoms with Gasteiger partial charge in [-0.2, -0.15) is 0 Å². The second-order valence-electron chi connectivity index (χ2n) is 5.64. The van der Waals surface area contributed by atoms with Crippen molar-refractivity contribution in [2.45, 2.75) is 24.7 Å². The molecule has 3 rings (SSSR count). The second-order valence-corrected chi connectivity index (χ2v) is 5.64. The Bertz CT molecular complexity index is 780. The van der Waals surface area contributed by atoms with Crippen LogP contribution in [0.3, 0.4) is 0 Å². The van der Waals surface area contributed by atoms with Gasteiger partial charge in [0.2, 0.25) is 0 Å². The number of hydrogen-bond acceptors (Lipinski definition) is 2. The average molecular weight is 481 g/mol. The summed E-state index contributed by atoms with van der Waals surface area (Å²) in [5, 5.41) is 2.79. The molecule has 9 heteroatoms. The molecule has 1 saturated carbocycles. The van der Waals surface area contributed by atoms with Crippen LogP contribution >= 0.6 is 24.0 Å². The molecule has 0 heterocycles. The summed E-state index contributed by atoms with van der Waals surface area (Å²) in [5.74, 6) is -0.482. The fraction of sp³-hybridized carbons (Fsp3) is 0.235. The highest BCUT2D eigenvalue weighted by Gasteiger charge is 2.40. The van der Waals surface area contributed by atoms with Crippen molar-refractivity contribution in [3.05, 3.63) is 59.9 Å². The number of ether oxygens (including phenoxy) is 1. The topological polar surface area (TPSA) is 59.6 Å². The van der Waals surface area contributed by atoms with Gasteiger partial charge in [0.1, 0.15) is 11.6 Å². The van der Waals surface area contributed by atoms with Crippen LogP contribution in [0.4, 0.5) is 23.2 Å². The summed E-state index contributed by atoms with van der Waals surface area (Å²) < 4.78 is 53.8. The molecule has 1 fully saturated rings. The van der Waals surface area contributed by atoms with E-state index < -0.39 is 6.36 Å². The van der Waals surface area contributed by atoms with Gasteiger partial charge in [-0.05, 0) is 42.3 Å². The number of benzene rings is 2. The Labute approximate surface area is 164 Å². The number of nitrogens with two attached hydrogens (primary N) is 1. The summed E-state index contributed by atoms with van der Waals surface area (Å²) in [6.07, 6.45) is -4.04. The molecule has 0 radical (unpaired) electrons. The molecular formula is C17H16F4IN3O. The van der Waals surface area contributed by atoms with Crippen LogP contribution in [0.5, 0.6) is 5.75 Å². The third kappa shape index (κ3) is 5.48. The van der Waals surface area contributed by atoms with Crippen LogP contribution in [0.2, 0.25) is 0 Å². The Morgan fingerprint density at radius 2 is 1.77 bits per heavy atom. The molecule has 4 nitrogen and oxygen atoms in total. The van der Waals surface area contributed by atoms with Gasteiger partial charge in [0, 0.05) is 11.6 Å². The summed E-state index contributed by atoms with van der Waals surface area (Å²) in [4.78, 5) is 4.27. The third-order valence-corrected chi connectivity index (χ3v) is 3.73. The van der Waals surface area contributed by atoms with E-state index in [9.17, 15) is 17.6 Å². The van der Waals surface area contributed by atoms with E-state index in [0.29, 0.717) is 17.7 Å². The van der Waals surface area contributed by atoms with Gasteiger partial charge in [-0.1, -0.05) is 18.2 Å². The quantitative estimate of drug-likeness (QED) is 0.290. The van der Waals surface area contributed by atoms with Gasteiger partial charge in [-0.25, -0.2) is 9.38 Å². The van der Waals surface area contributed by atoms with Crippen LogP contribution in [-0.4, -0.2) is 18.4 Å². The molecule has 2 aromatic rings. The Morgan fingerprint density at radius 3 is 2.38 bits per heavy atom. The van der Waals surface area contributed by atoms with Crippen LogP contribution in [0.15, 0.2) is 53.5 Å². The highest BCUT2D eigenvalue weighted by atomic mass is 127. The zero-order valence-corrected chi connectivity index (χ0v) is 15.7. The fourth-order valence-electron chi connectivity index (χ4n) is 2.53. The molecule has 2 atom stereocenters. The Hall–Kier alpha value is -2.04. The number of rotatable bonds is 4. The summed E-state index contributed by atoms with van der Waals surface area (Å²) >= 11 is 0. The van der Waals surface area contributed by atoms with Crippen LogP contribution in [0.1, 0.15) is 17.9 Å². The van der Waals surface area contributed by atoms with Crippen LogP contribution < -0.4 is 15.8 Å². The summed E-state index contributed by atoms with van der Waals surface area (Å²) in [5.41, 5.74) is 6.88. The van der Waals surface area contributed by atoms with E-state index in [1.165, 1.54) is 30.3 Å². The van der Waals surface area contributed by atoms with E-state index in [1.54, 1.807) is 18.2 Å². The molecule has 1 aliphatic carbocycles. The predicted octanol–water partition coefficient (Wildman–Crippen LogP) is 4.63. The van der Waals surface area contributed by atoms with Crippen molar-refractivity contribution in [1.29, 1.82) is 0 Å². The lowest BCUT2D eigenvalue weighted by Crippen LogP contribution is -2.23. The van der Waals surface area contributed by atoms with E-state index in [4.69, 9.17) is 5.73 Å². The van der Waals surface area contributed by atoms with Crippen molar-refractivity contribution >= 4 is 35.6 Å². The largest absolute Gasteiger partial charge is 0.573 e. The molecule has 0 saturated heterocycles. The number of aliphatic imine (C=N–C) groups is 1. The summed E-state index contributed by atoms with van der Waals surface area (Å²) in [6.45, 7) is 0. The molecule has 0 amide bonds. The van der Waals surface area contributed by atoms with Gasteiger partial charge in [0.25, 0.3) is 0 Å². The lowest BCUT2D eigenvalue weighted by Gasteiger charge is -2.10. The number of anilines is 1. The number of guanidine groups is 1. The van der Waals surface area contributed by atoms with Crippen molar-refractivity contribution in [2.24, 2.45) is 10.7 Å². The minimum atomic E-state index is -4.73. The molecular weight excluding hydrogens is 465 g/mol. The van der Waals surface area contributed by atoms with Crippen molar-refractivity contribution in [3.8, 4) is 5.75 Å². The molecule has 0 spiro atoms. The minimum absolute atomic E-state index is 0. The number of nitrogens with one attached hydrogen (secondary N) is 1. The van der Waals surface area contributed by atoms with E-state index in [2.05, 4.69) is 15.0 Å². The van der Waals surface area contributed by atoms with Gasteiger partial charge < -0.3 is 15.8 Å². The SMILES string of the molecule is I.NC(=NC1CC1c1ccccc1F)Nc1ccc(OC(F)(F)F)cc1. The maximum absolute atomic E-state index is 13.7. The number of halogens is 5. The molecule has 0 bridgehead atoms. The average Bonchev–Trinajstić information content (AvgIpc) is 3.27. The molecule has 3 N–H and O–H groups in total. The lowest BCUT2D eigenvalue weighted by atomic mass is 10.1. The lowest BCUT2D eigenvalue weighted by molar-refractivity contribution is -0.274. The Morgan fingerprint density at radius 1 is 1.12 bits per heavy atom. The zero-order valence-electron chi connectivity index (χ0n) is 13.3. The minimum Gasteiger partial charge on any atom is -0.406 e. The second kappa shape index (κ2) is 8.11. The standard InChI is InChI=1S/C17H15F4N3O.HI/c18-14-4-2-1-3-12(14)13-9-15(13)24-16(22)23-10-5-7-11(8-6-10)25-17(19,20)21;/h1-8,13,15H,9H2,(H3,22,23,24);1H. The van der Waals surface area contributed by atoms with Gasteiger partial charge in [-0.3, -0.25) is 0 Å². The van der Waals surface area contributed by atoms with Crippen molar-refractivity contribution < 1.29 is 22.3 Å². The smallest absolute Gasteiger partial charge is 0.406 e. The Balaban J connectivity index is 0.00000243. The predicted molar refractivity (Wildman–Crippen MR) is 101 cm³/mol. The first-order valence-corrected chi connectivity index (χ1v) is 7.52. The van der Waals surface area contributed by atoms with E-state index in [0.717, 1.165) is 0 Å². The first kappa shape index (κ1) is 20.3. The fourth-order valence-corrected chi connectivity index (χ4v) is 2.53. The highest BCUT2D eigenvalue weighted by Crippen LogP contribution is 2.44. The van der Waals surface area contributed by atoms with Gasteiger partial charge in [-0.15, -0.1) is 37.1 Å². The molecule has 0 aliphatic heterocycles. The van der Waals surface area contributed by atoms with Gasteiger partial charge in [0.15, 0.2) is 5.96 Å². The van der Waals surface area contributed by atoms with E-state index in [-0.39, 0.29) is 53.5 Å². The third-order valence-electron chi connectivity index (χ3n) is 3.73. The van der Waals surface area contributed by atoms with Crippen molar-refractivity contribution in [1.82, 2.24) is 0 Å². The maximum atomic E-state index is 13.7. The van der Waals surface area contributed by atoms with Crippen LogP contribution in [-0.2, 0) is 0 Å². The molecule has 140 valence electrons. The number of alkyl halides is 3. The van der Waals surface area contributed by atoms with E-state index in [1.807, 2.05) is 0 Å². The zero-order chi connectivity index (χ0) is 18.0. The molecule has 26 heavy (non-hydrogen) atoms. The highest BCUT2D eigenvalue weighted by molar-refractivity contribution is 14.0. The van der Waals surface area contributed by atoms with Crippen molar-refractivity contribution in [3.63, 3.8) is 0 Å². The molecule has 0 aromatic heterocycles. The monoisotopic (exact) mass is 481 g/mol. The van der Waals surface area contributed by atoms with Gasteiger partial charge in [0.05, 0.1) is 6.04 Å². The molecule has 2 unspecified atom stereocenters. The summed E-state index contributed by atoms with van der Waals surface area (Å²) in [6, 6.07) is 11.5. The van der Waals surface area contributed by atoms with Crippen LogP contribution in [0.25, 0.3) is 0 Å². The summed E-state index contributed by atoms with van der Waals surface area (Å²) in [7, 11) is 0. The number of nitrogens with zero attached hydrogens (tertiary/aromatic N) is 1. The van der Waals surface area contributed by atoms with Crippen LogP contribution in [0, 0.1) is 5.82 Å². The molecule has 2 aromatic carbocycles. The maximum Gasteiger partial charge on any atom is 0.573 e. The normalized spacial score (nSPS) is 19.5. The molecule has 1 aliphatic rings. The first-order valence-electron chi connectivity index (χ1n) is 7.52. The van der Waals surface area contributed by atoms with Gasteiger partial charge >= 0.3 is 6.36 Å². The van der Waals surface area contributed by atoms with Crippen molar-refractivity contribution in [2.75, 3.05) is 5.32 Å². The first-order chi connectivity index (χ1) is 11.8. The van der Waals surface area contributed by atoms with E-state index >= 15 is 0 Å². The Kier molecular flexibility index (Phi) is 6.32. The number of hydrogen-bond donors (Lipinski definition) is 2.